The molecule has 1 amide bonds. The van der Waals surface area contributed by atoms with Crippen LogP contribution in [0.2, 0.25) is 0 Å². The van der Waals surface area contributed by atoms with E-state index in [1.807, 2.05) is 22.3 Å². The van der Waals surface area contributed by atoms with E-state index < -0.39 is 0 Å². The van der Waals surface area contributed by atoms with Crippen LogP contribution in [0.15, 0.2) is 22.8 Å². The minimum atomic E-state index is 0.155. The number of nitrogens with zero attached hydrogens (tertiary/aromatic N) is 3. The lowest BCUT2D eigenvalue weighted by Gasteiger charge is -2.31. The molecule has 0 spiro atoms. The van der Waals surface area contributed by atoms with Crippen molar-refractivity contribution >= 4 is 11.7 Å². The van der Waals surface area contributed by atoms with Crippen LogP contribution in [-0.2, 0) is 24.2 Å². The number of carbonyl (C=O) groups excluding carboxylic acids is 1. The van der Waals surface area contributed by atoms with Gasteiger partial charge in [-0.2, -0.15) is 5.26 Å². The summed E-state index contributed by atoms with van der Waals surface area (Å²) < 4.78 is 5.31. The summed E-state index contributed by atoms with van der Waals surface area (Å²) in [6.07, 6.45) is 4.83. The number of amides is 1. The highest BCUT2D eigenvalue weighted by molar-refractivity contribution is 5.77. The number of aromatic amines is 1. The molecule has 4 rings (SSSR count). The van der Waals surface area contributed by atoms with Crippen molar-refractivity contribution in [2.45, 2.75) is 45.6 Å². The number of piperazine rings is 1. The molecule has 7 nitrogen and oxygen atoms in total. The van der Waals surface area contributed by atoms with Crippen LogP contribution in [0.5, 0.6) is 0 Å². The number of H-pyrrole nitrogens is 1. The van der Waals surface area contributed by atoms with Crippen LogP contribution < -0.4 is 15.2 Å². The van der Waals surface area contributed by atoms with Crippen LogP contribution in [0.25, 0.3) is 0 Å². The fourth-order valence-corrected chi connectivity index (χ4v) is 4.65. The van der Waals surface area contributed by atoms with Gasteiger partial charge in [-0.15, -0.1) is 0 Å². The number of rotatable bonds is 6. The van der Waals surface area contributed by atoms with Crippen LogP contribution in [-0.4, -0.2) is 43.5 Å². The van der Waals surface area contributed by atoms with Gasteiger partial charge in [0.25, 0.3) is 11.7 Å². The molecule has 1 fully saturated rings. The number of carbonyl (C=O) groups is 1. The zero-order valence-corrected chi connectivity index (χ0v) is 17.9. The van der Waals surface area contributed by atoms with Crippen LogP contribution in [0.3, 0.4) is 0 Å². The molecule has 1 aliphatic heterocycles. The number of furan rings is 1. The van der Waals surface area contributed by atoms with E-state index in [0.29, 0.717) is 32.1 Å². The fraction of sp³-hybridized carbons (Fsp3) is 0.522. The molecule has 30 heavy (non-hydrogen) atoms. The Hall–Kier alpha value is -2.85. The van der Waals surface area contributed by atoms with E-state index in [1.54, 1.807) is 6.26 Å². The number of anilines is 1. The highest BCUT2D eigenvalue weighted by Gasteiger charge is 2.34. The predicted octanol–water partition coefficient (Wildman–Crippen LogP) is 0.990. The van der Waals surface area contributed by atoms with Crippen molar-refractivity contribution in [3.63, 3.8) is 0 Å². The summed E-state index contributed by atoms with van der Waals surface area (Å²) in [6.45, 7) is 8.35. The van der Waals surface area contributed by atoms with Gasteiger partial charge >= 0.3 is 0 Å². The van der Waals surface area contributed by atoms with E-state index in [2.05, 4.69) is 29.8 Å². The molecule has 7 heteroatoms. The van der Waals surface area contributed by atoms with Gasteiger partial charge in [0, 0.05) is 5.92 Å². The van der Waals surface area contributed by atoms with Crippen molar-refractivity contribution in [3.8, 4) is 6.07 Å². The summed E-state index contributed by atoms with van der Waals surface area (Å²) in [6, 6.07) is 6.25. The van der Waals surface area contributed by atoms with Crippen molar-refractivity contribution in [2.24, 2.45) is 0 Å². The Kier molecular flexibility index (Phi) is 6.05. The zero-order valence-electron chi connectivity index (χ0n) is 17.9. The molecule has 0 unspecified atom stereocenters. The van der Waals surface area contributed by atoms with Gasteiger partial charge in [0.15, 0.2) is 12.3 Å². The van der Waals surface area contributed by atoms with Gasteiger partial charge in [-0.3, -0.25) is 9.69 Å². The third kappa shape index (κ3) is 4.05. The van der Waals surface area contributed by atoms with Crippen molar-refractivity contribution in [2.75, 3.05) is 37.6 Å². The summed E-state index contributed by atoms with van der Waals surface area (Å²) >= 11 is 0. The fourth-order valence-electron chi connectivity index (χ4n) is 4.65. The average Bonchev–Trinajstić information content (AvgIpc) is 3.44. The molecule has 2 aromatic heterocycles. The largest absolute Gasteiger partial charge is 0.463 e. The number of pyridine rings is 1. The summed E-state index contributed by atoms with van der Waals surface area (Å²) in [4.78, 5) is 20.4. The first-order chi connectivity index (χ1) is 14.6. The number of nitrogens with two attached hydrogens (primary N) is 1. The highest BCUT2D eigenvalue weighted by Crippen LogP contribution is 2.33. The van der Waals surface area contributed by atoms with Gasteiger partial charge in [0.05, 0.1) is 19.4 Å². The maximum atomic E-state index is 12.6. The first kappa shape index (κ1) is 20.4. The molecule has 2 aliphatic rings. The van der Waals surface area contributed by atoms with E-state index in [9.17, 15) is 10.1 Å². The predicted molar refractivity (Wildman–Crippen MR) is 112 cm³/mol. The number of nitriles is 1. The molecule has 0 saturated carbocycles. The summed E-state index contributed by atoms with van der Waals surface area (Å²) in [5.41, 5.74) is 4.66. The summed E-state index contributed by atoms with van der Waals surface area (Å²) in [5.74, 6) is 2.38. The van der Waals surface area contributed by atoms with Crippen LogP contribution in [0.1, 0.15) is 54.3 Å². The topological polar surface area (TPSA) is 91.2 Å². The van der Waals surface area contributed by atoms with Crippen molar-refractivity contribution in [1.82, 2.24) is 4.90 Å². The van der Waals surface area contributed by atoms with Crippen molar-refractivity contribution < 1.29 is 19.5 Å². The van der Waals surface area contributed by atoms with Gasteiger partial charge in [-0.25, -0.2) is 4.98 Å². The van der Waals surface area contributed by atoms with E-state index >= 15 is 0 Å². The van der Waals surface area contributed by atoms with Gasteiger partial charge in [-0.05, 0) is 42.5 Å². The smallest absolute Gasteiger partial charge is 0.293 e. The number of quaternary nitrogens is 1. The first-order valence-corrected chi connectivity index (χ1v) is 11.0. The van der Waals surface area contributed by atoms with Crippen LogP contribution in [0, 0.1) is 11.3 Å². The van der Waals surface area contributed by atoms with Crippen molar-refractivity contribution in [3.05, 3.63) is 46.5 Å². The molecule has 0 radical (unpaired) electrons. The molecule has 2 aromatic rings. The van der Waals surface area contributed by atoms with E-state index in [0.717, 1.165) is 49.5 Å². The second kappa shape index (κ2) is 8.88. The molecular formula is C23H31N5O2+2. The molecule has 158 valence electrons. The maximum Gasteiger partial charge on any atom is 0.293 e. The van der Waals surface area contributed by atoms with E-state index in [4.69, 9.17) is 4.42 Å². The SMILES string of the molecule is CC(C)c1[nH+]c(N2CCN(C(=O)C[NH2+]Cc3ccco3)CC2)c(C#N)c2c1CCC2. The Morgan fingerprint density at radius 3 is 2.70 bits per heavy atom. The minimum Gasteiger partial charge on any atom is -0.463 e. The van der Waals surface area contributed by atoms with Crippen molar-refractivity contribution in [1.29, 1.82) is 5.26 Å². The quantitative estimate of drug-likeness (QED) is 0.770. The zero-order chi connectivity index (χ0) is 21.1. The molecule has 3 N–H and O–H groups in total. The van der Waals surface area contributed by atoms with Crippen LogP contribution in [0.4, 0.5) is 5.82 Å². The number of hydrogen-bond acceptors (Lipinski definition) is 4. The number of hydrogen-bond donors (Lipinski definition) is 1. The number of nitrogens with one attached hydrogen (secondary N) is 1. The molecule has 1 saturated heterocycles. The lowest BCUT2D eigenvalue weighted by molar-refractivity contribution is -0.662. The Bertz CT molecular complexity index is 937. The van der Waals surface area contributed by atoms with E-state index in [1.165, 1.54) is 16.8 Å². The Balaban J connectivity index is 1.41. The monoisotopic (exact) mass is 409 g/mol. The second-order valence-electron chi connectivity index (χ2n) is 8.48. The Morgan fingerprint density at radius 1 is 1.27 bits per heavy atom. The number of fused-ring (bicyclic) bond motifs is 1. The maximum absolute atomic E-state index is 12.6. The standard InChI is InChI=1S/C23H29N5O2/c1-16(2)22-19-7-3-6-18(19)20(13-24)23(26-22)28-10-8-27(9-11-28)21(29)15-25-14-17-5-4-12-30-17/h4-5,12,16,25H,3,6-11,14-15H2,1-2H3/p+2. The average molecular weight is 410 g/mol. The third-order valence-corrected chi connectivity index (χ3v) is 6.22. The van der Waals surface area contributed by atoms with Gasteiger partial charge < -0.3 is 14.6 Å². The van der Waals surface area contributed by atoms with Gasteiger partial charge in [-0.1, -0.05) is 13.8 Å². The highest BCUT2D eigenvalue weighted by atomic mass is 16.3. The Morgan fingerprint density at radius 2 is 2.03 bits per heavy atom. The van der Waals surface area contributed by atoms with Crippen LogP contribution >= 0.6 is 0 Å². The van der Waals surface area contributed by atoms with E-state index in [-0.39, 0.29) is 5.91 Å². The molecule has 3 heterocycles. The van der Waals surface area contributed by atoms with Gasteiger partial charge in [0.2, 0.25) is 0 Å². The number of aromatic nitrogens is 1. The molecular weight excluding hydrogens is 378 g/mol. The summed E-state index contributed by atoms with van der Waals surface area (Å²) in [5, 5.41) is 11.9. The normalized spacial score (nSPS) is 16.1. The molecule has 0 aromatic carbocycles. The Labute approximate surface area is 177 Å². The lowest BCUT2D eigenvalue weighted by atomic mass is 9.97. The summed E-state index contributed by atoms with van der Waals surface area (Å²) in [7, 11) is 0. The molecule has 0 bridgehead atoms. The third-order valence-electron chi connectivity index (χ3n) is 6.22. The first-order valence-electron chi connectivity index (χ1n) is 11.0. The second-order valence-corrected chi connectivity index (χ2v) is 8.48. The minimum absolute atomic E-state index is 0.155. The molecule has 1 aliphatic carbocycles. The van der Waals surface area contributed by atoms with Gasteiger partial charge in [0.1, 0.15) is 37.0 Å². The lowest BCUT2D eigenvalue weighted by Crippen LogP contribution is -2.85. The molecule has 0 atom stereocenters.